The quantitative estimate of drug-likeness (QED) is 0.0873. The van der Waals surface area contributed by atoms with Crippen LogP contribution < -0.4 is 20.7 Å². The molecule has 2 saturated heterocycles. The molecule has 2 aliphatic rings. The summed E-state index contributed by atoms with van der Waals surface area (Å²) in [5, 5.41) is 8.55. The summed E-state index contributed by atoms with van der Waals surface area (Å²) in [5.41, 5.74) is 3.35. The molecule has 4 aromatic rings. The Morgan fingerprint density at radius 3 is 2.25 bits per heavy atom. The smallest absolute Gasteiger partial charge is 0.407 e. The van der Waals surface area contributed by atoms with Gasteiger partial charge in [-0.2, -0.15) is 0 Å². The van der Waals surface area contributed by atoms with E-state index < -0.39 is 33.1 Å². The molecule has 59 heavy (non-hydrogen) atoms. The van der Waals surface area contributed by atoms with Crippen LogP contribution in [0.25, 0.3) is 22.5 Å². The van der Waals surface area contributed by atoms with Gasteiger partial charge >= 0.3 is 12.2 Å². The van der Waals surface area contributed by atoms with Crippen molar-refractivity contribution >= 4 is 32.8 Å². The van der Waals surface area contributed by atoms with Crippen LogP contribution in [0.1, 0.15) is 63.3 Å². The highest BCUT2D eigenvalue weighted by Crippen LogP contribution is 2.35. The highest BCUT2D eigenvalue weighted by Gasteiger charge is 2.40. The van der Waals surface area contributed by atoms with E-state index in [9.17, 15) is 19.2 Å². The number of hydrogen-bond acceptors (Lipinski definition) is 10. The number of imidazole rings is 2. The second-order valence-corrected chi connectivity index (χ2v) is 19.1. The van der Waals surface area contributed by atoms with Gasteiger partial charge in [-0.1, -0.05) is 39.1 Å². The molecule has 0 saturated carbocycles. The molecular weight excluding hydrogens is 773 g/mol. The first-order chi connectivity index (χ1) is 28.4. The summed E-state index contributed by atoms with van der Waals surface area (Å²) in [6.07, 6.45) is 5.20. The molecule has 1 unspecified atom stereocenters. The second kappa shape index (κ2) is 19.8. The summed E-state index contributed by atoms with van der Waals surface area (Å²) in [6, 6.07) is 14.1. The lowest BCUT2D eigenvalue weighted by Gasteiger charge is -2.34. The van der Waals surface area contributed by atoms with Crippen molar-refractivity contribution in [1.29, 1.82) is 0 Å². The fourth-order valence-corrected chi connectivity index (χ4v) is 8.97. The highest BCUT2D eigenvalue weighted by molar-refractivity contribution is 6.55. The van der Waals surface area contributed by atoms with Crippen LogP contribution in [-0.2, 0) is 23.8 Å². The van der Waals surface area contributed by atoms with Crippen molar-refractivity contribution in [2.45, 2.75) is 82.8 Å². The van der Waals surface area contributed by atoms with Crippen molar-refractivity contribution in [3.05, 3.63) is 72.6 Å². The number of H-pyrrole nitrogens is 2. The summed E-state index contributed by atoms with van der Waals surface area (Å²) < 4.78 is 21.4. The Kier molecular flexibility index (Phi) is 14.4. The third-order valence-electron chi connectivity index (χ3n) is 10.8. The molecular formula is C42H56N8O8Si. The number of benzene rings is 2. The van der Waals surface area contributed by atoms with Gasteiger partial charge in [0.25, 0.3) is 0 Å². The zero-order valence-corrected chi connectivity index (χ0v) is 35.7. The predicted molar refractivity (Wildman–Crippen MR) is 223 cm³/mol. The van der Waals surface area contributed by atoms with E-state index in [1.807, 2.05) is 67.3 Å². The lowest BCUT2D eigenvalue weighted by Crippen LogP contribution is -2.53. The minimum atomic E-state index is -1.15. The summed E-state index contributed by atoms with van der Waals surface area (Å²) in [7, 11) is 1.42. The maximum Gasteiger partial charge on any atom is 0.407 e. The topological polar surface area (TPSA) is 202 Å². The van der Waals surface area contributed by atoms with Crippen LogP contribution in [0, 0.1) is 11.8 Å². The van der Waals surface area contributed by atoms with Gasteiger partial charge in [0.15, 0.2) is 0 Å². The molecule has 0 aliphatic carbocycles. The van der Waals surface area contributed by atoms with Crippen molar-refractivity contribution in [1.82, 2.24) is 40.8 Å². The van der Waals surface area contributed by atoms with Crippen molar-refractivity contribution in [2.75, 3.05) is 34.0 Å². The number of nitrogens with one attached hydrogen (secondary N) is 5. The molecule has 0 radical (unpaired) electrons. The van der Waals surface area contributed by atoms with Gasteiger partial charge in [-0.15, -0.1) is 0 Å². The molecule has 2 aliphatic heterocycles. The monoisotopic (exact) mass is 828 g/mol. The van der Waals surface area contributed by atoms with Gasteiger partial charge in [-0.25, -0.2) is 19.6 Å². The van der Waals surface area contributed by atoms with E-state index in [1.54, 1.807) is 12.4 Å². The third-order valence-corrected chi connectivity index (χ3v) is 12.2. The van der Waals surface area contributed by atoms with Gasteiger partial charge in [0, 0.05) is 34.1 Å². The number of rotatable bonds is 15. The molecule has 4 amide bonds. The van der Waals surface area contributed by atoms with Gasteiger partial charge in [0.2, 0.25) is 11.8 Å². The Labute approximate surface area is 346 Å². The van der Waals surface area contributed by atoms with E-state index >= 15 is 0 Å². The SMILES string of the molecule is COC(=O)N[C@H](C(=O)NC(C[SiH](C)C)c1ncc(-c2cccc(Oc3ccc(-c4cnc([C@@H]5CCCN5C(=O)[C@@H](NC(=O)OC)C5CCOCC5)[nH]4)cc3)c2)[nH]1)C(C)C. The molecule has 4 atom stereocenters. The summed E-state index contributed by atoms with van der Waals surface area (Å²) >= 11 is 0. The van der Waals surface area contributed by atoms with Crippen LogP contribution in [0.15, 0.2) is 60.9 Å². The highest BCUT2D eigenvalue weighted by atomic mass is 28.3. The van der Waals surface area contributed by atoms with Crippen LogP contribution >= 0.6 is 0 Å². The fraction of sp³-hybridized carbons (Fsp3) is 0.476. The number of aromatic amines is 2. The number of carbonyl (C=O) groups is 4. The molecule has 316 valence electrons. The zero-order chi connectivity index (χ0) is 42.1. The molecule has 5 N–H and O–H groups in total. The van der Waals surface area contributed by atoms with E-state index in [4.69, 9.17) is 23.9 Å². The Balaban J connectivity index is 1.11. The van der Waals surface area contributed by atoms with Crippen LogP contribution in [0.5, 0.6) is 11.5 Å². The van der Waals surface area contributed by atoms with Gasteiger partial charge in [0.05, 0.1) is 50.1 Å². The lowest BCUT2D eigenvalue weighted by molar-refractivity contribution is -0.136. The number of aromatic nitrogens is 4. The molecule has 2 aromatic carbocycles. The van der Waals surface area contributed by atoms with Crippen molar-refractivity contribution in [2.24, 2.45) is 11.8 Å². The Hall–Kier alpha value is -5.68. The summed E-state index contributed by atoms with van der Waals surface area (Å²) in [4.78, 5) is 69.5. The molecule has 0 spiro atoms. The number of carbonyl (C=O) groups excluding carboxylic acids is 4. The maximum absolute atomic E-state index is 13.9. The Bertz CT molecular complexity index is 2050. The van der Waals surface area contributed by atoms with Crippen LogP contribution in [-0.4, -0.2) is 104 Å². The zero-order valence-electron chi connectivity index (χ0n) is 34.6. The number of nitrogens with zero attached hydrogens (tertiary/aromatic N) is 3. The normalized spacial score (nSPS) is 17.3. The van der Waals surface area contributed by atoms with Crippen LogP contribution in [0.4, 0.5) is 9.59 Å². The van der Waals surface area contributed by atoms with Crippen molar-refractivity contribution in [3.8, 4) is 34.0 Å². The molecule has 16 nitrogen and oxygen atoms in total. The van der Waals surface area contributed by atoms with E-state index in [0.717, 1.165) is 41.4 Å². The largest absolute Gasteiger partial charge is 0.457 e. The molecule has 4 heterocycles. The first-order valence-electron chi connectivity index (χ1n) is 20.3. The summed E-state index contributed by atoms with van der Waals surface area (Å²) in [5.74, 6) is 2.00. The maximum atomic E-state index is 13.9. The van der Waals surface area contributed by atoms with Crippen molar-refractivity contribution in [3.63, 3.8) is 0 Å². The molecule has 2 fully saturated rings. The van der Waals surface area contributed by atoms with Gasteiger partial charge < -0.3 is 49.8 Å². The van der Waals surface area contributed by atoms with Crippen LogP contribution in [0.3, 0.4) is 0 Å². The average molecular weight is 829 g/mol. The van der Waals surface area contributed by atoms with E-state index in [0.29, 0.717) is 55.7 Å². The lowest BCUT2D eigenvalue weighted by atomic mass is 9.90. The molecule has 2 aromatic heterocycles. The van der Waals surface area contributed by atoms with E-state index in [2.05, 4.69) is 44.0 Å². The number of methoxy groups -OCH3 is 2. The van der Waals surface area contributed by atoms with Gasteiger partial charge in [0.1, 0.15) is 35.2 Å². The molecule has 0 bridgehead atoms. The first kappa shape index (κ1) is 42.9. The summed E-state index contributed by atoms with van der Waals surface area (Å²) in [6.45, 7) is 9.83. The molecule has 17 heteroatoms. The standard InChI is InChI=1S/C42H56N8O8Si/c1-25(2)35(48-41(53)55-3)39(51)47-33(24-59(5)6)37-43-23-32(45-37)28-9-7-10-30(21-28)58-29-14-12-26(13-15-29)31-22-44-38(46-31)34-11-8-18-50(34)40(52)36(49-42(54)56-4)27-16-19-57-20-17-27/h7,9-10,12-15,21-23,25,27,33-36,59H,8,11,16-20,24H2,1-6H3,(H,43,45)(H,44,46)(H,47,51)(H,48,53)(H,49,54)/t33?,34-,35-,36-/m0/s1. The number of likely N-dealkylation sites (tertiary alicyclic amines) is 1. The molecule has 6 rings (SSSR count). The van der Waals surface area contributed by atoms with E-state index in [1.165, 1.54) is 14.2 Å². The number of hydrogen-bond donors (Lipinski definition) is 5. The third kappa shape index (κ3) is 10.9. The first-order valence-corrected chi connectivity index (χ1v) is 23.4. The minimum Gasteiger partial charge on any atom is -0.457 e. The minimum absolute atomic E-state index is 0.0391. The van der Waals surface area contributed by atoms with Crippen molar-refractivity contribution < 1.29 is 38.1 Å². The van der Waals surface area contributed by atoms with Crippen LogP contribution in [0.2, 0.25) is 19.1 Å². The average Bonchev–Trinajstić information content (AvgIpc) is 4.04. The second-order valence-electron chi connectivity index (χ2n) is 15.8. The Morgan fingerprint density at radius 1 is 0.864 bits per heavy atom. The van der Waals surface area contributed by atoms with Gasteiger partial charge in [-0.3, -0.25) is 9.59 Å². The van der Waals surface area contributed by atoms with E-state index in [-0.39, 0.29) is 35.7 Å². The number of amides is 4. The van der Waals surface area contributed by atoms with Gasteiger partial charge in [-0.05, 0) is 85.5 Å². The number of alkyl carbamates (subject to hydrolysis) is 2. The fourth-order valence-electron chi connectivity index (χ4n) is 7.68. The Morgan fingerprint density at radius 2 is 1.56 bits per heavy atom. The number of ether oxygens (including phenoxy) is 4. The predicted octanol–water partition coefficient (Wildman–Crippen LogP) is 6.10.